The topological polar surface area (TPSA) is 121 Å². The number of rotatable bonds is 8. The van der Waals surface area contributed by atoms with E-state index in [0.717, 1.165) is 11.4 Å². The molecule has 1 atom stereocenters. The third-order valence-electron chi connectivity index (χ3n) is 4.81. The molecule has 1 radical (unpaired) electrons. The Bertz CT molecular complexity index is 1200. The molecule has 9 nitrogen and oxygen atoms in total. The van der Waals surface area contributed by atoms with E-state index in [4.69, 9.17) is 29.2 Å². The molecular weight excluding hydrogens is 461 g/mol. The number of carbonyl (C=O) groups excluding carboxylic acids is 1. The Morgan fingerprint density at radius 3 is 2.66 bits per heavy atom. The number of carbonyl (C=O) groups is 1. The molecule has 161 valence electrons. The Morgan fingerprint density at radius 1 is 1.19 bits per heavy atom. The van der Waals surface area contributed by atoms with Gasteiger partial charge in [0.2, 0.25) is 0 Å². The molecule has 2 heterocycles. The molecule has 3 aromatic rings. The number of benzene rings is 2. The molecule has 0 amide bonds. The van der Waals surface area contributed by atoms with Crippen molar-refractivity contribution in [1.29, 1.82) is 0 Å². The van der Waals surface area contributed by atoms with Gasteiger partial charge in [-0.2, -0.15) is 0 Å². The van der Waals surface area contributed by atoms with E-state index < -0.39 is 12.1 Å². The predicted molar refractivity (Wildman–Crippen MR) is 118 cm³/mol. The fourth-order valence-electron chi connectivity index (χ4n) is 3.35. The molecule has 0 saturated carbocycles. The van der Waals surface area contributed by atoms with E-state index in [-0.39, 0.29) is 49.3 Å². The smallest absolute Gasteiger partial charge is 0.550 e. The third kappa shape index (κ3) is 5.42. The summed E-state index contributed by atoms with van der Waals surface area (Å²) >= 11 is 10.5. The number of hydrogen-bond donors (Lipinski definition) is 4. The number of carboxylic acid groups (broad SMARTS) is 1. The Morgan fingerprint density at radius 2 is 1.94 bits per heavy atom. The average Bonchev–Trinajstić information content (AvgIpc) is 3.25. The molecule has 0 saturated heterocycles. The predicted octanol–water partition coefficient (Wildman–Crippen LogP) is -0.800. The van der Waals surface area contributed by atoms with Gasteiger partial charge in [0.05, 0.1) is 12.2 Å². The molecule has 0 spiro atoms. The van der Waals surface area contributed by atoms with Crippen LogP contribution in [0.25, 0.3) is 5.69 Å². The minimum absolute atomic E-state index is 0. The van der Waals surface area contributed by atoms with E-state index in [1.807, 2.05) is 24.3 Å². The van der Waals surface area contributed by atoms with Gasteiger partial charge in [0.25, 0.3) is 0 Å². The number of aromatic nitrogens is 3. The summed E-state index contributed by atoms with van der Waals surface area (Å²) in [5.74, 6) is -0.559. The van der Waals surface area contributed by atoms with Crippen LogP contribution in [0.15, 0.2) is 42.5 Å². The third-order valence-corrected chi connectivity index (χ3v) is 5.38. The summed E-state index contributed by atoms with van der Waals surface area (Å²) in [5, 5.41) is 29.7. The second kappa shape index (κ2) is 10.6. The molecule has 2 aromatic carbocycles. The molecule has 1 aromatic heterocycles. The first-order valence-electron chi connectivity index (χ1n) is 9.42. The number of aromatic amines is 2. The van der Waals surface area contributed by atoms with E-state index in [9.17, 15) is 15.0 Å². The number of carboxylic acids is 1. The van der Waals surface area contributed by atoms with Gasteiger partial charge in [-0.25, -0.2) is 0 Å². The minimum Gasteiger partial charge on any atom is -0.550 e. The number of ether oxygens (including phenoxy) is 1. The van der Waals surface area contributed by atoms with Crippen LogP contribution in [0, 0.1) is 16.1 Å². The van der Waals surface area contributed by atoms with Gasteiger partial charge in [0, 0.05) is 41.9 Å². The second-order valence-corrected chi connectivity index (χ2v) is 7.61. The van der Waals surface area contributed by atoms with Crippen molar-refractivity contribution in [2.24, 2.45) is 0 Å². The molecule has 4 N–H and O–H groups in total. The van der Waals surface area contributed by atoms with Gasteiger partial charge in [0.1, 0.15) is 11.9 Å². The van der Waals surface area contributed by atoms with Crippen molar-refractivity contribution >= 4 is 41.8 Å². The largest absolute Gasteiger partial charge is 1.00 e. The van der Waals surface area contributed by atoms with E-state index in [1.54, 1.807) is 34.2 Å². The van der Waals surface area contributed by atoms with Crippen molar-refractivity contribution in [3.63, 3.8) is 0 Å². The van der Waals surface area contributed by atoms with Crippen LogP contribution < -0.4 is 49.6 Å². The van der Waals surface area contributed by atoms with Gasteiger partial charge in [-0.1, -0.05) is 12.1 Å². The van der Waals surface area contributed by atoms with Gasteiger partial charge in [-0.15, -0.1) is 0 Å². The number of aliphatic carboxylic acids is 1. The standard InChI is InChI=1S/C20H20N5O4S2.Na/c26-17-10-24(7-6-18(27)28)16-9-14(4-5-15(16)17)29-11-21-12-2-1-3-13(8-12)25-19(30)22-23-20(25)31;/h1-5,8-10,17,21,26H,6-7,11H2,(H,22,30)(H,23,31)(H,27,28);/q;+1/p-1. The van der Waals surface area contributed by atoms with E-state index in [2.05, 4.69) is 15.5 Å². The number of H-pyrrole nitrogens is 2. The SMILES string of the molecule is O=C([O-])CCN1[CH]C(O)c2ccc(OCNc3cccc(-n4c(=S)[nH][nH]c4=S)c3)cc21.[Na+]. The summed E-state index contributed by atoms with van der Waals surface area (Å²) in [5.41, 5.74) is 3.04. The number of hydrogen-bond acceptors (Lipinski definition) is 8. The maximum Gasteiger partial charge on any atom is 1.00 e. The second-order valence-electron chi connectivity index (χ2n) is 6.84. The quantitative estimate of drug-likeness (QED) is 0.188. The first-order valence-corrected chi connectivity index (χ1v) is 10.2. The van der Waals surface area contributed by atoms with Gasteiger partial charge in [-0.3, -0.25) is 14.8 Å². The molecule has 1 unspecified atom stereocenters. The summed E-state index contributed by atoms with van der Waals surface area (Å²) in [6.07, 6.45) is -0.918. The number of aliphatic hydroxyl groups is 1. The van der Waals surface area contributed by atoms with E-state index in [1.165, 1.54) is 0 Å². The first kappa shape index (κ1) is 24.5. The van der Waals surface area contributed by atoms with E-state index >= 15 is 0 Å². The number of nitrogens with one attached hydrogen (secondary N) is 3. The molecule has 0 aliphatic carbocycles. The van der Waals surface area contributed by atoms with Crippen LogP contribution in [0.2, 0.25) is 0 Å². The number of aliphatic hydroxyl groups excluding tert-OH is 1. The van der Waals surface area contributed by atoms with Crippen molar-refractivity contribution in [2.45, 2.75) is 12.5 Å². The fraction of sp³-hybridized carbons (Fsp3) is 0.200. The molecule has 1 aliphatic rings. The van der Waals surface area contributed by atoms with Gasteiger partial charge < -0.3 is 30.0 Å². The number of fused-ring (bicyclic) bond motifs is 1. The van der Waals surface area contributed by atoms with Crippen molar-refractivity contribution in [3.05, 3.63) is 64.1 Å². The summed E-state index contributed by atoms with van der Waals surface area (Å²) in [6.45, 7) is 1.99. The minimum atomic E-state index is -1.14. The van der Waals surface area contributed by atoms with Gasteiger partial charge in [0.15, 0.2) is 16.3 Å². The van der Waals surface area contributed by atoms with Gasteiger partial charge >= 0.3 is 29.6 Å². The van der Waals surface area contributed by atoms with Crippen LogP contribution in [0.3, 0.4) is 0 Å². The normalized spacial score (nSPS) is 14.5. The molecular formula is C20H19N5NaO4S2. The summed E-state index contributed by atoms with van der Waals surface area (Å²) in [4.78, 5) is 12.5. The molecule has 0 bridgehead atoms. The molecule has 32 heavy (non-hydrogen) atoms. The summed E-state index contributed by atoms with van der Waals surface area (Å²) in [7, 11) is 0. The Kier molecular flexibility index (Phi) is 8.15. The molecule has 1 aliphatic heterocycles. The zero-order valence-electron chi connectivity index (χ0n) is 17.2. The number of anilines is 2. The Balaban J connectivity index is 0.00000289. The maximum absolute atomic E-state index is 10.8. The maximum atomic E-state index is 10.8. The Hall–Kier alpha value is -2.15. The zero-order chi connectivity index (χ0) is 22.0. The van der Waals surface area contributed by atoms with Crippen LogP contribution in [0.1, 0.15) is 18.1 Å². The fourth-order valence-corrected chi connectivity index (χ4v) is 3.91. The van der Waals surface area contributed by atoms with Crippen LogP contribution in [0.4, 0.5) is 11.4 Å². The van der Waals surface area contributed by atoms with Crippen molar-refractivity contribution in [2.75, 3.05) is 23.5 Å². The summed E-state index contributed by atoms with van der Waals surface area (Å²) < 4.78 is 8.45. The Labute approximate surface area is 216 Å². The average molecular weight is 481 g/mol. The first-order chi connectivity index (χ1) is 14.9. The monoisotopic (exact) mass is 480 g/mol. The van der Waals surface area contributed by atoms with Gasteiger partial charge in [-0.05, 0) is 48.7 Å². The molecule has 4 rings (SSSR count). The van der Waals surface area contributed by atoms with Crippen molar-refractivity contribution in [1.82, 2.24) is 14.8 Å². The molecule has 12 heteroatoms. The summed E-state index contributed by atoms with van der Waals surface area (Å²) in [6, 6.07) is 12.9. The number of nitrogens with zero attached hydrogens (tertiary/aromatic N) is 2. The van der Waals surface area contributed by atoms with Crippen LogP contribution in [-0.2, 0) is 4.79 Å². The van der Waals surface area contributed by atoms with E-state index in [0.29, 0.717) is 26.5 Å². The van der Waals surface area contributed by atoms with Crippen LogP contribution >= 0.6 is 24.4 Å². The zero-order valence-corrected chi connectivity index (χ0v) is 20.8. The van der Waals surface area contributed by atoms with Crippen molar-refractivity contribution < 1.29 is 49.3 Å². The van der Waals surface area contributed by atoms with Crippen LogP contribution in [0.5, 0.6) is 5.75 Å². The molecule has 0 fully saturated rings. The van der Waals surface area contributed by atoms with Crippen molar-refractivity contribution in [3.8, 4) is 11.4 Å². The van der Waals surface area contributed by atoms with Crippen LogP contribution in [-0.4, -0.2) is 39.1 Å².